The number of likely N-dealkylation sites (tertiary alicyclic amines) is 1. The molecule has 8 heteroatoms. The van der Waals surface area contributed by atoms with Gasteiger partial charge >= 0.3 is 0 Å². The normalized spacial score (nSPS) is 16.1. The van der Waals surface area contributed by atoms with Crippen molar-refractivity contribution in [1.82, 2.24) is 15.1 Å². The predicted octanol–water partition coefficient (Wildman–Crippen LogP) is 5.55. The quantitative estimate of drug-likeness (QED) is 0.300. The standard InChI is InChI=1S/C35H41FN4O3/c1-2-3-4-6-9-27-12-16-29(17-13-27)33(42)38-22-20-35(21-23-38)34(43)39(26-40(35)31-10-7-5-8-11-31)25-32(41)37-24-28-14-18-30(36)19-15-28/h5,7-8,10-19H,2-4,6,9,20-26H2,1H3,(H,37,41). The molecule has 0 unspecified atom stereocenters. The lowest BCUT2D eigenvalue weighted by Crippen LogP contribution is -2.57. The Kier molecular flexibility index (Phi) is 9.75. The number of carbonyl (C=O) groups excluding carboxylic acids is 3. The number of hydrogen-bond acceptors (Lipinski definition) is 4. The van der Waals surface area contributed by atoms with Crippen LogP contribution < -0.4 is 10.2 Å². The monoisotopic (exact) mass is 584 g/mol. The molecule has 0 aromatic heterocycles. The Morgan fingerprint density at radius 2 is 1.53 bits per heavy atom. The summed E-state index contributed by atoms with van der Waals surface area (Å²) in [6.07, 6.45) is 6.84. The summed E-state index contributed by atoms with van der Waals surface area (Å²) in [5.41, 5.74) is 2.80. The van der Waals surface area contributed by atoms with Crippen LogP contribution in [0.25, 0.3) is 0 Å². The molecule has 2 aliphatic heterocycles. The molecule has 1 N–H and O–H groups in total. The van der Waals surface area contributed by atoms with Gasteiger partial charge in [-0.1, -0.05) is 68.7 Å². The second-order valence-corrected chi connectivity index (χ2v) is 11.6. The molecule has 0 bridgehead atoms. The number of piperidine rings is 1. The number of hydrogen-bond donors (Lipinski definition) is 1. The summed E-state index contributed by atoms with van der Waals surface area (Å²) in [5.74, 6) is -0.707. The van der Waals surface area contributed by atoms with Gasteiger partial charge in [-0.3, -0.25) is 14.4 Å². The topological polar surface area (TPSA) is 73.0 Å². The van der Waals surface area contributed by atoms with E-state index in [9.17, 15) is 18.8 Å². The van der Waals surface area contributed by atoms with Crippen LogP contribution in [-0.2, 0) is 22.6 Å². The van der Waals surface area contributed by atoms with Crippen molar-refractivity contribution in [2.24, 2.45) is 0 Å². The number of amides is 3. The van der Waals surface area contributed by atoms with Crippen molar-refractivity contribution in [2.75, 3.05) is 31.2 Å². The number of carbonyl (C=O) groups is 3. The van der Waals surface area contributed by atoms with Crippen molar-refractivity contribution in [1.29, 1.82) is 0 Å². The molecule has 226 valence electrons. The molecular weight excluding hydrogens is 543 g/mol. The summed E-state index contributed by atoms with van der Waals surface area (Å²) < 4.78 is 13.2. The molecule has 2 heterocycles. The average molecular weight is 585 g/mol. The number of aryl methyl sites for hydroxylation is 1. The largest absolute Gasteiger partial charge is 0.350 e. The molecular formula is C35H41FN4O3. The number of benzene rings is 3. The third-order valence-electron chi connectivity index (χ3n) is 8.72. The zero-order valence-electron chi connectivity index (χ0n) is 24.9. The number of halogens is 1. The molecule has 0 aliphatic carbocycles. The lowest BCUT2D eigenvalue weighted by atomic mass is 9.85. The van der Waals surface area contributed by atoms with Crippen LogP contribution in [0.1, 0.15) is 66.9 Å². The second kappa shape index (κ2) is 13.8. The van der Waals surface area contributed by atoms with Crippen LogP contribution in [0.3, 0.4) is 0 Å². The maximum absolute atomic E-state index is 14.0. The van der Waals surface area contributed by atoms with E-state index in [1.165, 1.54) is 37.0 Å². The first-order valence-corrected chi connectivity index (χ1v) is 15.4. The fourth-order valence-electron chi connectivity index (χ4n) is 6.19. The van der Waals surface area contributed by atoms with Gasteiger partial charge in [0.05, 0.1) is 6.67 Å². The smallest absolute Gasteiger partial charge is 0.253 e. The zero-order valence-corrected chi connectivity index (χ0v) is 24.9. The highest BCUT2D eigenvalue weighted by Gasteiger charge is 2.54. The minimum absolute atomic E-state index is 0.0129. The minimum atomic E-state index is -0.822. The first-order chi connectivity index (χ1) is 20.9. The van der Waals surface area contributed by atoms with Crippen molar-refractivity contribution in [2.45, 2.75) is 64.0 Å². The van der Waals surface area contributed by atoms with E-state index in [2.05, 4.69) is 29.3 Å². The number of nitrogens with zero attached hydrogens (tertiary/aromatic N) is 3. The van der Waals surface area contributed by atoms with Crippen LogP contribution in [-0.4, -0.2) is 59.4 Å². The van der Waals surface area contributed by atoms with Gasteiger partial charge in [-0.05, 0) is 73.2 Å². The van der Waals surface area contributed by atoms with Crippen LogP contribution in [0.4, 0.5) is 10.1 Å². The highest BCUT2D eigenvalue weighted by Crippen LogP contribution is 2.39. The van der Waals surface area contributed by atoms with Crippen LogP contribution in [0.2, 0.25) is 0 Å². The number of rotatable bonds is 11. The first kappa shape index (κ1) is 30.3. The lowest BCUT2D eigenvalue weighted by molar-refractivity contribution is -0.137. The number of para-hydroxylation sites is 1. The van der Waals surface area contributed by atoms with Crippen LogP contribution in [0, 0.1) is 5.82 Å². The molecule has 3 aromatic carbocycles. The molecule has 0 saturated carbocycles. The Morgan fingerprint density at radius 3 is 2.21 bits per heavy atom. The van der Waals surface area contributed by atoms with Gasteiger partial charge in [-0.25, -0.2) is 4.39 Å². The third kappa shape index (κ3) is 7.07. The first-order valence-electron chi connectivity index (χ1n) is 15.4. The van der Waals surface area contributed by atoms with Gasteiger partial charge in [-0.15, -0.1) is 0 Å². The van der Waals surface area contributed by atoms with E-state index in [4.69, 9.17) is 0 Å². The van der Waals surface area contributed by atoms with E-state index in [0.717, 1.165) is 24.1 Å². The lowest BCUT2D eigenvalue weighted by Gasteiger charge is -2.43. The SMILES string of the molecule is CCCCCCc1ccc(C(=O)N2CCC3(CC2)C(=O)N(CC(=O)NCc2ccc(F)cc2)CN3c2ccccc2)cc1. The Labute approximate surface area is 253 Å². The molecule has 7 nitrogen and oxygen atoms in total. The van der Waals surface area contributed by atoms with Gasteiger partial charge in [0.1, 0.15) is 17.9 Å². The molecule has 0 radical (unpaired) electrons. The fraction of sp³-hybridized carbons (Fsp3) is 0.400. The third-order valence-corrected chi connectivity index (χ3v) is 8.72. The van der Waals surface area contributed by atoms with Crippen molar-refractivity contribution >= 4 is 23.4 Å². The average Bonchev–Trinajstić information content (AvgIpc) is 3.29. The molecule has 5 rings (SSSR count). The van der Waals surface area contributed by atoms with Gasteiger partial charge < -0.3 is 20.0 Å². The van der Waals surface area contributed by atoms with E-state index < -0.39 is 5.54 Å². The van der Waals surface area contributed by atoms with E-state index in [1.807, 2.05) is 47.4 Å². The molecule has 2 fully saturated rings. The van der Waals surface area contributed by atoms with E-state index >= 15 is 0 Å². The molecule has 2 aliphatic rings. The maximum atomic E-state index is 14.0. The van der Waals surface area contributed by atoms with Gasteiger partial charge in [0, 0.05) is 30.9 Å². The Hall–Kier alpha value is -4.20. The van der Waals surface area contributed by atoms with Gasteiger partial charge in [-0.2, -0.15) is 0 Å². The van der Waals surface area contributed by atoms with Crippen LogP contribution in [0.15, 0.2) is 78.9 Å². The number of unbranched alkanes of at least 4 members (excludes halogenated alkanes) is 3. The van der Waals surface area contributed by atoms with E-state index in [1.54, 1.807) is 17.0 Å². The van der Waals surface area contributed by atoms with E-state index in [0.29, 0.717) is 38.2 Å². The highest BCUT2D eigenvalue weighted by atomic mass is 19.1. The number of anilines is 1. The molecule has 2 saturated heterocycles. The van der Waals surface area contributed by atoms with Crippen molar-refractivity contribution in [3.8, 4) is 0 Å². The Balaban J connectivity index is 1.23. The molecule has 43 heavy (non-hydrogen) atoms. The Bertz CT molecular complexity index is 1390. The fourth-order valence-corrected chi connectivity index (χ4v) is 6.19. The van der Waals surface area contributed by atoms with Crippen LogP contribution >= 0.6 is 0 Å². The van der Waals surface area contributed by atoms with Crippen molar-refractivity contribution in [3.05, 3.63) is 101 Å². The van der Waals surface area contributed by atoms with Crippen molar-refractivity contribution < 1.29 is 18.8 Å². The van der Waals surface area contributed by atoms with E-state index in [-0.39, 0.29) is 36.6 Å². The molecule has 3 aromatic rings. The molecule has 1 spiro atoms. The predicted molar refractivity (Wildman–Crippen MR) is 166 cm³/mol. The van der Waals surface area contributed by atoms with Crippen LogP contribution in [0.5, 0.6) is 0 Å². The summed E-state index contributed by atoms with van der Waals surface area (Å²) in [4.78, 5) is 45.8. The molecule has 0 atom stereocenters. The Morgan fingerprint density at radius 1 is 0.860 bits per heavy atom. The minimum Gasteiger partial charge on any atom is -0.350 e. The highest BCUT2D eigenvalue weighted by molar-refractivity contribution is 5.97. The summed E-state index contributed by atoms with van der Waals surface area (Å²) in [6.45, 7) is 3.60. The second-order valence-electron chi connectivity index (χ2n) is 11.6. The summed E-state index contributed by atoms with van der Waals surface area (Å²) in [7, 11) is 0. The molecule has 3 amide bonds. The zero-order chi connectivity index (χ0) is 30.2. The number of nitrogens with one attached hydrogen (secondary N) is 1. The van der Waals surface area contributed by atoms with Gasteiger partial charge in [0.25, 0.3) is 11.8 Å². The van der Waals surface area contributed by atoms with Gasteiger partial charge in [0.2, 0.25) is 5.91 Å². The summed E-state index contributed by atoms with van der Waals surface area (Å²) in [5, 5.41) is 2.85. The maximum Gasteiger partial charge on any atom is 0.253 e. The van der Waals surface area contributed by atoms with Gasteiger partial charge in [0.15, 0.2) is 0 Å². The summed E-state index contributed by atoms with van der Waals surface area (Å²) >= 11 is 0. The van der Waals surface area contributed by atoms with Crippen molar-refractivity contribution in [3.63, 3.8) is 0 Å². The summed E-state index contributed by atoms with van der Waals surface area (Å²) in [6, 6.07) is 23.7.